The Kier molecular flexibility index (Phi) is 9.69. The Bertz CT molecular complexity index is 1320. The molecule has 3 rings (SSSR count). The van der Waals surface area contributed by atoms with Gasteiger partial charge in [-0.05, 0) is 49.4 Å². The lowest BCUT2D eigenvalue weighted by molar-refractivity contribution is -0.137. The van der Waals surface area contributed by atoms with Crippen LogP contribution in [0.5, 0.6) is 5.75 Å². The highest BCUT2D eigenvalue weighted by Crippen LogP contribution is 2.31. The van der Waals surface area contributed by atoms with E-state index >= 15 is 0 Å². The number of fused-ring (bicyclic) bond motifs is 1. The van der Waals surface area contributed by atoms with Gasteiger partial charge in [-0.2, -0.15) is 13.2 Å². The number of likely N-dealkylation sites (N-methyl/N-ethyl adjacent to an activating group) is 1. The van der Waals surface area contributed by atoms with Crippen LogP contribution < -0.4 is 15.4 Å². The van der Waals surface area contributed by atoms with Gasteiger partial charge >= 0.3 is 12.2 Å². The van der Waals surface area contributed by atoms with Gasteiger partial charge in [-0.25, -0.2) is 17.5 Å². The Morgan fingerprint density at radius 2 is 1.77 bits per heavy atom. The first-order valence-electron chi connectivity index (χ1n) is 12.4. The number of ether oxygens (including phenoxy) is 1. The van der Waals surface area contributed by atoms with Gasteiger partial charge in [0.25, 0.3) is 0 Å². The zero-order chi connectivity index (χ0) is 29.8. The van der Waals surface area contributed by atoms with E-state index in [0.717, 1.165) is 34.8 Å². The van der Waals surface area contributed by atoms with Gasteiger partial charge in [-0.3, -0.25) is 4.79 Å². The summed E-state index contributed by atoms with van der Waals surface area (Å²) in [7, 11) is -2.08. The molecule has 2 aromatic rings. The molecule has 0 bridgehead atoms. The van der Waals surface area contributed by atoms with Crippen LogP contribution in [-0.4, -0.2) is 79.8 Å². The summed E-state index contributed by atoms with van der Waals surface area (Å²) in [5.41, 5.74) is 0.0137. The number of carbonyl (C=O) groups is 2. The predicted molar refractivity (Wildman–Crippen MR) is 144 cm³/mol. The van der Waals surface area contributed by atoms with Crippen LogP contribution in [0.4, 0.5) is 29.3 Å². The van der Waals surface area contributed by atoms with Crippen LogP contribution in [0.15, 0.2) is 42.5 Å². The summed E-state index contributed by atoms with van der Waals surface area (Å²) >= 11 is 0. The molecule has 0 aliphatic carbocycles. The normalized spacial score (nSPS) is 19.1. The molecule has 0 radical (unpaired) electrons. The summed E-state index contributed by atoms with van der Waals surface area (Å²) in [5, 5.41) is 14.8. The second-order valence-electron chi connectivity index (χ2n) is 9.91. The number of anilines is 2. The fourth-order valence-corrected chi connectivity index (χ4v) is 4.57. The van der Waals surface area contributed by atoms with Gasteiger partial charge in [0.2, 0.25) is 15.9 Å². The van der Waals surface area contributed by atoms with Crippen LogP contribution in [0.2, 0.25) is 0 Å². The van der Waals surface area contributed by atoms with Gasteiger partial charge in [-0.15, -0.1) is 0 Å². The van der Waals surface area contributed by atoms with Crippen molar-refractivity contribution < 1.29 is 41.0 Å². The maximum absolute atomic E-state index is 13.3. The zero-order valence-corrected chi connectivity index (χ0v) is 23.3. The molecule has 10 nitrogen and oxygen atoms in total. The van der Waals surface area contributed by atoms with E-state index in [2.05, 4.69) is 10.6 Å². The van der Waals surface area contributed by atoms with E-state index in [1.807, 2.05) is 6.92 Å². The number of alkyl halides is 3. The van der Waals surface area contributed by atoms with E-state index in [-0.39, 0.29) is 43.6 Å². The Morgan fingerprint density at radius 1 is 1.18 bits per heavy atom. The molecule has 1 heterocycles. The quantitative estimate of drug-likeness (QED) is 0.457. The number of amides is 3. The molecule has 0 fully saturated rings. The second-order valence-corrected chi connectivity index (χ2v) is 12.0. The van der Waals surface area contributed by atoms with Crippen LogP contribution in [0, 0.1) is 5.92 Å². The van der Waals surface area contributed by atoms with E-state index in [0.29, 0.717) is 17.0 Å². The fourth-order valence-electron chi connectivity index (χ4n) is 4.15. The number of rotatable bonds is 7. The average Bonchev–Trinajstić information content (AvgIpc) is 2.90. The lowest BCUT2D eigenvalue weighted by atomic mass is 10.0. The van der Waals surface area contributed by atoms with Crippen molar-refractivity contribution in [3.8, 4) is 5.75 Å². The molecule has 0 unspecified atom stereocenters. The highest BCUT2D eigenvalue weighted by Gasteiger charge is 2.32. The molecule has 3 N–H and O–H groups in total. The highest BCUT2D eigenvalue weighted by molar-refractivity contribution is 7.88. The number of sulfonamides is 1. The standard InChI is InChI=1S/C26H33F3N4O6S/c1-16-13-33(17(2)15-34)24(35)12-18-11-21(9-10-22(18)39-23(16)14-32(3)40(4,37)38)31-25(36)30-20-7-5-19(6-8-20)26(27,28)29/h5-11,16-17,23,34H,12-15H2,1-4H3,(H2,30,31,36)/t16-,17-,23+/m0/s1. The Morgan fingerprint density at radius 3 is 2.35 bits per heavy atom. The largest absolute Gasteiger partial charge is 0.488 e. The average molecular weight is 587 g/mol. The number of carbonyl (C=O) groups excluding carboxylic acids is 2. The molecular formula is C26H33F3N4O6S. The van der Waals surface area contributed by atoms with Crippen LogP contribution in [0.25, 0.3) is 0 Å². The predicted octanol–water partition coefficient (Wildman–Crippen LogP) is 3.39. The molecule has 3 amide bonds. The van der Waals surface area contributed by atoms with Gasteiger partial charge < -0.3 is 25.4 Å². The van der Waals surface area contributed by atoms with Crippen molar-refractivity contribution in [2.75, 3.05) is 43.6 Å². The summed E-state index contributed by atoms with van der Waals surface area (Å²) in [5.74, 6) is -0.263. The lowest BCUT2D eigenvalue weighted by Gasteiger charge is -2.33. The minimum Gasteiger partial charge on any atom is -0.488 e. The SMILES string of the molecule is C[C@H]1CN([C@@H](C)CO)C(=O)Cc2cc(NC(=O)Nc3ccc(C(F)(F)F)cc3)ccc2O[C@@H]1CN(C)S(C)(=O)=O. The Labute approximate surface area is 231 Å². The first kappa shape index (κ1) is 31.2. The minimum absolute atomic E-state index is 0.0184. The van der Waals surface area contributed by atoms with Crippen molar-refractivity contribution >= 4 is 33.3 Å². The van der Waals surface area contributed by atoms with Crippen LogP contribution in [0.1, 0.15) is 25.0 Å². The number of hydrogen-bond donors (Lipinski definition) is 3. The van der Waals surface area contributed by atoms with Crippen molar-refractivity contribution in [3.05, 3.63) is 53.6 Å². The zero-order valence-electron chi connectivity index (χ0n) is 22.5. The molecule has 220 valence electrons. The summed E-state index contributed by atoms with van der Waals surface area (Å²) in [6, 6.07) is 7.37. The summed E-state index contributed by atoms with van der Waals surface area (Å²) in [6.45, 7) is 3.50. The van der Waals surface area contributed by atoms with E-state index in [1.54, 1.807) is 13.0 Å². The third-order valence-electron chi connectivity index (χ3n) is 6.65. The first-order valence-corrected chi connectivity index (χ1v) is 14.3. The van der Waals surface area contributed by atoms with E-state index < -0.39 is 39.9 Å². The van der Waals surface area contributed by atoms with Gasteiger partial charge in [0.1, 0.15) is 11.9 Å². The maximum Gasteiger partial charge on any atom is 0.416 e. The number of urea groups is 1. The Balaban J connectivity index is 1.86. The number of benzene rings is 2. The van der Waals surface area contributed by atoms with Gasteiger partial charge in [0.05, 0.1) is 37.4 Å². The molecule has 2 aromatic carbocycles. The molecular weight excluding hydrogens is 553 g/mol. The number of nitrogens with zero attached hydrogens (tertiary/aromatic N) is 2. The molecule has 0 aromatic heterocycles. The van der Waals surface area contributed by atoms with Crippen LogP contribution >= 0.6 is 0 Å². The van der Waals surface area contributed by atoms with Crippen molar-refractivity contribution in [2.45, 2.75) is 38.6 Å². The van der Waals surface area contributed by atoms with Gasteiger partial charge in [-0.1, -0.05) is 6.92 Å². The highest BCUT2D eigenvalue weighted by atomic mass is 32.2. The maximum atomic E-state index is 13.3. The first-order chi connectivity index (χ1) is 18.6. The molecule has 0 saturated heterocycles. The lowest BCUT2D eigenvalue weighted by Crippen LogP contribution is -2.48. The van der Waals surface area contributed by atoms with Gasteiger partial charge in [0, 0.05) is 36.4 Å². The van der Waals surface area contributed by atoms with Crippen LogP contribution in [-0.2, 0) is 27.4 Å². The van der Waals surface area contributed by atoms with E-state index in [1.165, 1.54) is 24.1 Å². The van der Waals surface area contributed by atoms with Crippen molar-refractivity contribution in [2.24, 2.45) is 5.92 Å². The van der Waals surface area contributed by atoms with Crippen molar-refractivity contribution in [3.63, 3.8) is 0 Å². The molecule has 0 saturated carbocycles. The van der Waals surface area contributed by atoms with Gasteiger partial charge in [0.15, 0.2) is 0 Å². The molecule has 1 aliphatic heterocycles. The number of halogens is 3. The third kappa shape index (κ3) is 8.08. The van der Waals surface area contributed by atoms with E-state index in [4.69, 9.17) is 4.74 Å². The number of hydrogen-bond acceptors (Lipinski definition) is 6. The topological polar surface area (TPSA) is 128 Å². The molecule has 3 atom stereocenters. The minimum atomic E-state index is -4.50. The second kappa shape index (κ2) is 12.4. The van der Waals surface area contributed by atoms with Crippen molar-refractivity contribution in [1.82, 2.24) is 9.21 Å². The molecule has 0 spiro atoms. The van der Waals surface area contributed by atoms with Crippen LogP contribution in [0.3, 0.4) is 0 Å². The Hall–Kier alpha value is -3.36. The molecule has 1 aliphatic rings. The smallest absolute Gasteiger partial charge is 0.416 e. The number of aliphatic hydroxyl groups is 1. The number of aliphatic hydroxyl groups excluding tert-OH is 1. The number of nitrogens with one attached hydrogen (secondary N) is 2. The fraction of sp³-hybridized carbons (Fsp3) is 0.462. The summed E-state index contributed by atoms with van der Waals surface area (Å²) in [4.78, 5) is 27.3. The summed E-state index contributed by atoms with van der Waals surface area (Å²) in [6.07, 6.45) is -4.17. The molecule has 14 heteroatoms. The molecule has 40 heavy (non-hydrogen) atoms. The third-order valence-corrected chi connectivity index (χ3v) is 7.93. The monoisotopic (exact) mass is 586 g/mol. The summed E-state index contributed by atoms with van der Waals surface area (Å²) < 4.78 is 69.9. The van der Waals surface area contributed by atoms with E-state index in [9.17, 15) is 36.3 Å². The van der Waals surface area contributed by atoms with Crippen molar-refractivity contribution in [1.29, 1.82) is 0 Å².